The Labute approximate surface area is 170 Å². The molecule has 0 saturated carbocycles. The van der Waals surface area contributed by atoms with Crippen molar-refractivity contribution in [2.24, 2.45) is 0 Å². The van der Waals surface area contributed by atoms with Crippen LogP contribution in [0.15, 0.2) is 24.3 Å². The van der Waals surface area contributed by atoms with Crippen LogP contribution >= 0.6 is 0 Å². The zero-order valence-corrected chi connectivity index (χ0v) is 17.6. The van der Waals surface area contributed by atoms with Crippen molar-refractivity contribution in [3.8, 4) is 0 Å². The molecule has 1 aromatic rings. The minimum absolute atomic E-state index is 0.130. The fourth-order valence-corrected chi connectivity index (χ4v) is 2.38. The first-order chi connectivity index (χ1) is 13.5. The van der Waals surface area contributed by atoms with Crippen LogP contribution in [0.3, 0.4) is 0 Å². The molecule has 0 saturated heterocycles. The number of hydrogen-bond acceptors (Lipinski definition) is 7. The Morgan fingerprint density at radius 1 is 1.03 bits per heavy atom. The van der Waals surface area contributed by atoms with Gasteiger partial charge in [0.15, 0.2) is 0 Å². The van der Waals surface area contributed by atoms with Crippen molar-refractivity contribution in [3.05, 3.63) is 35.4 Å². The number of nitrogens with one attached hydrogen (secondary N) is 1. The highest BCUT2D eigenvalue weighted by molar-refractivity contribution is 5.90. The minimum Gasteiger partial charge on any atom is -0.468 e. The molecule has 0 aliphatic rings. The number of rotatable bonds is 7. The van der Waals surface area contributed by atoms with Gasteiger partial charge in [-0.1, -0.05) is 12.1 Å². The maximum absolute atomic E-state index is 12.8. The van der Waals surface area contributed by atoms with Crippen LogP contribution < -0.4 is 5.32 Å². The standard InChI is InChI=1S/C20H28N2O7/c1-20(2,3)29-19(26)21-15(17(24)22(4)12-16(23)27-5)11-13-7-9-14(10-8-13)18(25)28-6/h7-10,15H,11-12H2,1-6H3,(H,21,26). The van der Waals surface area contributed by atoms with Crippen LogP contribution in [0.2, 0.25) is 0 Å². The van der Waals surface area contributed by atoms with Crippen molar-refractivity contribution in [2.75, 3.05) is 27.8 Å². The Hall–Kier alpha value is -3.10. The van der Waals surface area contributed by atoms with Gasteiger partial charge in [-0.25, -0.2) is 9.59 Å². The van der Waals surface area contributed by atoms with Gasteiger partial charge in [0.1, 0.15) is 18.2 Å². The van der Waals surface area contributed by atoms with Crippen LogP contribution in [0.5, 0.6) is 0 Å². The van der Waals surface area contributed by atoms with Crippen molar-refractivity contribution in [3.63, 3.8) is 0 Å². The SMILES string of the molecule is COC(=O)CN(C)C(=O)C(Cc1ccc(C(=O)OC)cc1)NC(=O)OC(C)(C)C. The summed E-state index contributed by atoms with van der Waals surface area (Å²) in [6.07, 6.45) is -0.626. The molecule has 1 aromatic carbocycles. The van der Waals surface area contributed by atoms with Crippen LogP contribution in [0.4, 0.5) is 4.79 Å². The number of nitrogens with zero attached hydrogens (tertiary/aromatic N) is 1. The lowest BCUT2D eigenvalue weighted by Crippen LogP contribution is -2.50. The summed E-state index contributed by atoms with van der Waals surface area (Å²) in [7, 11) is 3.94. The molecular formula is C20H28N2O7. The molecule has 29 heavy (non-hydrogen) atoms. The zero-order chi connectivity index (χ0) is 22.2. The number of esters is 2. The maximum atomic E-state index is 12.8. The normalized spacial score (nSPS) is 11.8. The number of carbonyl (C=O) groups is 4. The second-order valence-corrected chi connectivity index (χ2v) is 7.36. The third kappa shape index (κ3) is 8.20. The maximum Gasteiger partial charge on any atom is 0.408 e. The van der Waals surface area contributed by atoms with Gasteiger partial charge in [-0.15, -0.1) is 0 Å². The minimum atomic E-state index is -0.983. The third-order valence-corrected chi connectivity index (χ3v) is 3.77. The molecule has 9 nitrogen and oxygen atoms in total. The van der Waals surface area contributed by atoms with E-state index >= 15 is 0 Å². The Balaban J connectivity index is 2.99. The number of methoxy groups -OCH3 is 2. The largest absolute Gasteiger partial charge is 0.468 e. The van der Waals surface area contributed by atoms with Crippen LogP contribution in [-0.4, -0.2) is 68.3 Å². The highest BCUT2D eigenvalue weighted by atomic mass is 16.6. The van der Waals surface area contributed by atoms with Crippen molar-refractivity contribution >= 4 is 23.9 Å². The lowest BCUT2D eigenvalue weighted by atomic mass is 10.0. The Kier molecular flexibility index (Phi) is 8.62. The molecule has 0 aliphatic heterocycles. The number of ether oxygens (including phenoxy) is 3. The summed E-state index contributed by atoms with van der Waals surface area (Å²) in [5.41, 5.74) is 0.318. The summed E-state index contributed by atoms with van der Waals surface area (Å²) in [6, 6.07) is 5.46. The van der Waals surface area contributed by atoms with Gasteiger partial charge in [0.2, 0.25) is 5.91 Å². The van der Waals surface area contributed by atoms with Crippen LogP contribution in [0, 0.1) is 0 Å². The fourth-order valence-electron chi connectivity index (χ4n) is 2.38. The lowest BCUT2D eigenvalue weighted by molar-refractivity contribution is -0.146. The molecule has 9 heteroatoms. The molecule has 0 bridgehead atoms. The number of hydrogen-bond donors (Lipinski definition) is 1. The molecule has 0 aliphatic carbocycles. The van der Waals surface area contributed by atoms with E-state index in [0.29, 0.717) is 11.1 Å². The molecule has 2 amide bonds. The second-order valence-electron chi connectivity index (χ2n) is 7.36. The van der Waals surface area contributed by atoms with Crippen molar-refractivity contribution < 1.29 is 33.4 Å². The van der Waals surface area contributed by atoms with E-state index in [0.717, 1.165) is 4.90 Å². The van der Waals surface area contributed by atoms with E-state index in [9.17, 15) is 19.2 Å². The highest BCUT2D eigenvalue weighted by Crippen LogP contribution is 2.11. The number of benzene rings is 1. The van der Waals surface area contributed by atoms with Gasteiger partial charge >= 0.3 is 18.0 Å². The Morgan fingerprint density at radius 3 is 2.10 bits per heavy atom. The summed E-state index contributed by atoms with van der Waals surface area (Å²) < 4.78 is 14.5. The molecule has 0 aromatic heterocycles. The van der Waals surface area contributed by atoms with Gasteiger partial charge in [-0.05, 0) is 38.5 Å². The number of likely N-dealkylation sites (N-methyl/N-ethyl adjacent to an activating group) is 1. The molecular weight excluding hydrogens is 380 g/mol. The first kappa shape index (κ1) is 23.9. The van der Waals surface area contributed by atoms with E-state index in [1.807, 2.05) is 0 Å². The van der Waals surface area contributed by atoms with Crippen molar-refractivity contribution in [1.82, 2.24) is 10.2 Å². The quantitative estimate of drug-likeness (QED) is 0.538. The summed E-state index contributed by atoms with van der Waals surface area (Å²) in [6.45, 7) is 4.86. The predicted octanol–water partition coefficient (Wildman–Crippen LogP) is 1.54. The van der Waals surface area contributed by atoms with Crippen molar-refractivity contribution in [1.29, 1.82) is 0 Å². The molecule has 160 valence electrons. The first-order valence-corrected chi connectivity index (χ1v) is 8.95. The van der Waals surface area contributed by atoms with Crippen LogP contribution in [0.1, 0.15) is 36.7 Å². The number of alkyl carbamates (subject to hydrolysis) is 1. The van der Waals surface area contributed by atoms with Gasteiger partial charge in [0.25, 0.3) is 0 Å². The fraction of sp³-hybridized carbons (Fsp3) is 0.500. The summed E-state index contributed by atoms with van der Waals surface area (Å²) in [5, 5.41) is 2.55. The van der Waals surface area contributed by atoms with Gasteiger partial charge in [0.05, 0.1) is 19.8 Å². The van der Waals surface area contributed by atoms with Gasteiger partial charge in [-0.2, -0.15) is 0 Å². The molecule has 1 rings (SSSR count). The van der Waals surface area contributed by atoms with E-state index in [1.165, 1.54) is 21.3 Å². The number of amides is 2. The zero-order valence-electron chi connectivity index (χ0n) is 17.6. The van der Waals surface area contributed by atoms with E-state index in [-0.39, 0.29) is 13.0 Å². The molecule has 1 atom stereocenters. The summed E-state index contributed by atoms with van der Waals surface area (Å²) in [5.74, 6) is -1.55. The highest BCUT2D eigenvalue weighted by Gasteiger charge is 2.28. The van der Waals surface area contributed by atoms with E-state index in [4.69, 9.17) is 4.74 Å². The predicted molar refractivity (Wildman–Crippen MR) is 104 cm³/mol. The second kappa shape index (κ2) is 10.4. The topological polar surface area (TPSA) is 111 Å². The monoisotopic (exact) mass is 408 g/mol. The molecule has 0 fully saturated rings. The summed E-state index contributed by atoms with van der Waals surface area (Å²) in [4.78, 5) is 49.2. The third-order valence-electron chi connectivity index (χ3n) is 3.77. The molecule has 0 radical (unpaired) electrons. The van der Waals surface area contributed by atoms with E-state index < -0.39 is 35.6 Å². The van der Waals surface area contributed by atoms with Crippen LogP contribution in [-0.2, 0) is 30.2 Å². The van der Waals surface area contributed by atoms with E-state index in [2.05, 4.69) is 14.8 Å². The smallest absolute Gasteiger partial charge is 0.408 e. The molecule has 0 heterocycles. The van der Waals surface area contributed by atoms with Gasteiger partial charge in [-0.3, -0.25) is 9.59 Å². The average molecular weight is 408 g/mol. The van der Waals surface area contributed by atoms with Crippen molar-refractivity contribution in [2.45, 2.75) is 38.8 Å². The van der Waals surface area contributed by atoms with Gasteiger partial charge < -0.3 is 24.4 Å². The molecule has 1 N–H and O–H groups in total. The molecule has 1 unspecified atom stereocenters. The first-order valence-electron chi connectivity index (χ1n) is 8.95. The number of carbonyl (C=O) groups excluding carboxylic acids is 4. The van der Waals surface area contributed by atoms with Gasteiger partial charge in [0, 0.05) is 13.5 Å². The lowest BCUT2D eigenvalue weighted by Gasteiger charge is -2.26. The summed E-state index contributed by atoms with van der Waals surface area (Å²) >= 11 is 0. The van der Waals surface area contributed by atoms with Crippen LogP contribution in [0.25, 0.3) is 0 Å². The average Bonchev–Trinajstić information content (AvgIpc) is 2.65. The Bertz CT molecular complexity index is 738. The molecule has 0 spiro atoms. The van der Waals surface area contributed by atoms with E-state index in [1.54, 1.807) is 45.0 Å². The Morgan fingerprint density at radius 2 is 1.62 bits per heavy atom.